The third-order valence-corrected chi connectivity index (χ3v) is 1.67. The number of nitrogens with two attached hydrogens (primary N) is 1. The maximum Gasteiger partial charge on any atom is 0.232 e. The molecule has 0 aromatic heterocycles. The average molecular weight is 229 g/mol. The van der Waals surface area contributed by atoms with E-state index in [1.54, 1.807) is 0 Å². The van der Waals surface area contributed by atoms with Crippen molar-refractivity contribution >= 4 is 17.4 Å². The molecule has 86 valence electrons. The van der Waals surface area contributed by atoms with Gasteiger partial charge in [-0.2, -0.15) is 0 Å². The molecule has 0 saturated carbocycles. The van der Waals surface area contributed by atoms with Gasteiger partial charge in [-0.15, -0.1) is 0 Å². The van der Waals surface area contributed by atoms with Crippen LogP contribution >= 0.6 is 0 Å². The van der Waals surface area contributed by atoms with Gasteiger partial charge in [-0.05, 0) is 12.1 Å². The molecule has 0 aliphatic rings. The van der Waals surface area contributed by atoms with Crippen molar-refractivity contribution in [3.63, 3.8) is 0 Å². The van der Waals surface area contributed by atoms with Gasteiger partial charge >= 0.3 is 0 Å². The number of hydrogen-bond acceptors (Lipinski definition) is 3. The molecule has 0 fully saturated rings. The summed E-state index contributed by atoms with van der Waals surface area (Å²) in [6.45, 7) is 0. The van der Waals surface area contributed by atoms with Gasteiger partial charge < -0.3 is 16.3 Å². The van der Waals surface area contributed by atoms with Gasteiger partial charge in [0.2, 0.25) is 5.91 Å². The smallest absolute Gasteiger partial charge is 0.232 e. The van der Waals surface area contributed by atoms with Crippen molar-refractivity contribution in [1.29, 1.82) is 0 Å². The largest absolute Gasteiger partial charge is 0.409 e. The van der Waals surface area contributed by atoms with Crippen molar-refractivity contribution in [2.24, 2.45) is 10.9 Å². The van der Waals surface area contributed by atoms with Crippen LogP contribution in [0.5, 0.6) is 0 Å². The summed E-state index contributed by atoms with van der Waals surface area (Å²) in [5.74, 6) is -2.48. The fourth-order valence-electron chi connectivity index (χ4n) is 0.988. The molecular formula is C9H9F2N3O2. The van der Waals surface area contributed by atoms with Crippen molar-refractivity contribution in [3.05, 3.63) is 29.8 Å². The number of nitrogens with one attached hydrogen (secondary N) is 1. The quantitative estimate of drug-likeness (QED) is 0.313. The SMILES string of the molecule is N/C(CC(=O)Nc1cc(F)ccc1F)=N\O. The predicted octanol–water partition coefficient (Wildman–Crippen LogP) is 1.04. The number of amidine groups is 1. The van der Waals surface area contributed by atoms with E-state index in [1.807, 2.05) is 0 Å². The normalized spacial score (nSPS) is 11.2. The first-order valence-electron chi connectivity index (χ1n) is 4.24. The number of carbonyl (C=O) groups excluding carboxylic acids is 1. The maximum absolute atomic E-state index is 13.1. The molecule has 5 nitrogen and oxygen atoms in total. The van der Waals surface area contributed by atoms with Gasteiger partial charge in [-0.1, -0.05) is 5.16 Å². The fourth-order valence-corrected chi connectivity index (χ4v) is 0.988. The van der Waals surface area contributed by atoms with Gasteiger partial charge in [0.1, 0.15) is 17.5 Å². The number of anilines is 1. The van der Waals surface area contributed by atoms with Crippen molar-refractivity contribution in [2.75, 3.05) is 5.32 Å². The van der Waals surface area contributed by atoms with Crippen LogP contribution in [-0.4, -0.2) is 17.0 Å². The summed E-state index contributed by atoms with van der Waals surface area (Å²) < 4.78 is 25.8. The molecular weight excluding hydrogens is 220 g/mol. The van der Waals surface area contributed by atoms with Gasteiger partial charge in [0, 0.05) is 6.07 Å². The summed E-state index contributed by atoms with van der Waals surface area (Å²) in [6.07, 6.45) is -0.410. The fraction of sp³-hybridized carbons (Fsp3) is 0.111. The molecule has 0 spiro atoms. The topological polar surface area (TPSA) is 87.7 Å². The van der Waals surface area contributed by atoms with E-state index in [2.05, 4.69) is 10.5 Å². The number of oxime groups is 1. The van der Waals surface area contributed by atoms with Crippen LogP contribution in [0.3, 0.4) is 0 Å². The number of rotatable bonds is 3. The van der Waals surface area contributed by atoms with E-state index in [4.69, 9.17) is 10.9 Å². The van der Waals surface area contributed by atoms with Crippen LogP contribution in [0.1, 0.15) is 6.42 Å². The van der Waals surface area contributed by atoms with Crippen LogP contribution in [0.15, 0.2) is 23.4 Å². The van der Waals surface area contributed by atoms with Crippen molar-refractivity contribution in [3.8, 4) is 0 Å². The zero-order chi connectivity index (χ0) is 12.1. The number of halogens is 2. The van der Waals surface area contributed by atoms with E-state index in [0.717, 1.165) is 18.2 Å². The molecule has 7 heteroatoms. The minimum Gasteiger partial charge on any atom is -0.409 e. The number of benzene rings is 1. The molecule has 0 aliphatic heterocycles. The zero-order valence-electron chi connectivity index (χ0n) is 8.08. The molecule has 16 heavy (non-hydrogen) atoms. The Kier molecular flexibility index (Phi) is 3.76. The summed E-state index contributed by atoms with van der Waals surface area (Å²) in [6, 6.07) is 2.64. The first kappa shape index (κ1) is 11.9. The van der Waals surface area contributed by atoms with E-state index in [1.165, 1.54) is 0 Å². The summed E-state index contributed by atoms with van der Waals surface area (Å²) in [4.78, 5) is 11.2. The van der Waals surface area contributed by atoms with Crippen molar-refractivity contribution < 1.29 is 18.8 Å². The highest BCUT2D eigenvalue weighted by atomic mass is 19.1. The van der Waals surface area contributed by atoms with Crippen LogP contribution in [0.2, 0.25) is 0 Å². The maximum atomic E-state index is 13.1. The molecule has 1 aromatic rings. The Morgan fingerprint density at radius 1 is 1.50 bits per heavy atom. The Morgan fingerprint density at radius 3 is 2.81 bits per heavy atom. The number of amides is 1. The van der Waals surface area contributed by atoms with Crippen LogP contribution in [0.4, 0.5) is 14.5 Å². The Hall–Kier alpha value is -2.18. The summed E-state index contributed by atoms with van der Waals surface area (Å²) >= 11 is 0. The highest BCUT2D eigenvalue weighted by molar-refractivity contribution is 6.04. The predicted molar refractivity (Wildman–Crippen MR) is 53.0 cm³/mol. The van der Waals surface area contributed by atoms with Gasteiger partial charge in [-0.25, -0.2) is 8.78 Å². The second-order valence-electron chi connectivity index (χ2n) is 2.94. The second-order valence-corrected chi connectivity index (χ2v) is 2.94. The van der Waals surface area contributed by atoms with E-state index in [9.17, 15) is 13.6 Å². The Balaban J connectivity index is 2.73. The van der Waals surface area contributed by atoms with Crippen LogP contribution in [-0.2, 0) is 4.79 Å². The first-order chi connectivity index (χ1) is 7.52. The van der Waals surface area contributed by atoms with Gasteiger partial charge in [0.05, 0.1) is 12.1 Å². The van der Waals surface area contributed by atoms with Gasteiger partial charge in [0.25, 0.3) is 0 Å². The van der Waals surface area contributed by atoms with Crippen molar-refractivity contribution in [1.82, 2.24) is 0 Å². The monoisotopic (exact) mass is 229 g/mol. The lowest BCUT2D eigenvalue weighted by atomic mass is 10.2. The highest BCUT2D eigenvalue weighted by Crippen LogP contribution is 2.15. The number of nitrogens with zero attached hydrogens (tertiary/aromatic N) is 1. The third-order valence-electron chi connectivity index (χ3n) is 1.67. The molecule has 4 N–H and O–H groups in total. The lowest BCUT2D eigenvalue weighted by molar-refractivity contribution is -0.115. The highest BCUT2D eigenvalue weighted by Gasteiger charge is 2.09. The minimum absolute atomic E-state index is 0.296. The molecule has 0 heterocycles. The average Bonchev–Trinajstić information content (AvgIpc) is 2.23. The van der Waals surface area contributed by atoms with Gasteiger partial charge in [-0.3, -0.25) is 4.79 Å². The zero-order valence-corrected chi connectivity index (χ0v) is 8.08. The standard InChI is InChI=1S/C9H9F2N3O2/c10-5-1-2-6(11)7(3-5)13-9(15)4-8(12)14-16/h1-3,16H,4H2,(H2,12,14)(H,13,15). The van der Waals surface area contributed by atoms with Gasteiger partial charge in [0.15, 0.2) is 0 Å². The molecule has 0 radical (unpaired) electrons. The third kappa shape index (κ3) is 3.19. The molecule has 0 bridgehead atoms. The second kappa shape index (κ2) is 5.06. The summed E-state index contributed by atoms with van der Waals surface area (Å²) in [7, 11) is 0. The Bertz CT molecular complexity index is 435. The number of carbonyl (C=O) groups is 1. The lowest BCUT2D eigenvalue weighted by Gasteiger charge is -2.05. The number of hydrogen-bond donors (Lipinski definition) is 3. The van der Waals surface area contributed by atoms with Crippen molar-refractivity contribution in [2.45, 2.75) is 6.42 Å². The lowest BCUT2D eigenvalue weighted by Crippen LogP contribution is -2.22. The molecule has 0 atom stereocenters. The molecule has 0 saturated heterocycles. The first-order valence-corrected chi connectivity index (χ1v) is 4.24. The summed E-state index contributed by atoms with van der Waals surface area (Å²) in [5, 5.41) is 12.9. The summed E-state index contributed by atoms with van der Waals surface area (Å²) in [5.41, 5.74) is 4.77. The molecule has 0 unspecified atom stereocenters. The Morgan fingerprint density at radius 2 is 2.19 bits per heavy atom. The molecule has 1 rings (SSSR count). The molecule has 0 aliphatic carbocycles. The Labute approximate surface area is 89.6 Å². The van der Waals surface area contributed by atoms with Crippen LogP contribution in [0, 0.1) is 11.6 Å². The van der Waals surface area contributed by atoms with E-state index in [0.29, 0.717) is 0 Å². The van der Waals surface area contributed by atoms with Crippen LogP contribution in [0.25, 0.3) is 0 Å². The minimum atomic E-state index is -0.769. The molecule has 1 amide bonds. The van der Waals surface area contributed by atoms with E-state index >= 15 is 0 Å². The van der Waals surface area contributed by atoms with E-state index in [-0.39, 0.29) is 11.5 Å². The van der Waals surface area contributed by atoms with E-state index < -0.39 is 24.0 Å². The molecule has 1 aromatic carbocycles. The van der Waals surface area contributed by atoms with Crippen LogP contribution < -0.4 is 11.1 Å².